The molecule has 4 aromatic rings. The van der Waals surface area contributed by atoms with Crippen molar-refractivity contribution in [2.45, 2.75) is 19.4 Å². The fourth-order valence-electron chi connectivity index (χ4n) is 3.00. The molecule has 4 rings (SSSR count). The summed E-state index contributed by atoms with van der Waals surface area (Å²) in [5.41, 5.74) is 1.36. The molecule has 0 spiro atoms. The number of aromatic nitrogens is 3. The number of rotatable bonds is 9. The van der Waals surface area contributed by atoms with E-state index in [1.807, 2.05) is 0 Å². The maximum atomic E-state index is 13.0. The summed E-state index contributed by atoms with van der Waals surface area (Å²) in [5.74, 6) is 1.65. The molecule has 0 unspecified atom stereocenters. The summed E-state index contributed by atoms with van der Waals surface area (Å²) in [4.78, 5) is 20.5. The number of nitrogens with zero attached hydrogens (tertiary/aromatic N) is 3. The first-order valence-corrected chi connectivity index (χ1v) is 9.97. The van der Waals surface area contributed by atoms with Crippen LogP contribution < -0.4 is 9.47 Å². The number of halogens is 1. The van der Waals surface area contributed by atoms with E-state index in [1.54, 1.807) is 37.4 Å². The lowest BCUT2D eigenvalue weighted by Gasteiger charge is -2.07. The molecule has 0 aliphatic rings. The van der Waals surface area contributed by atoms with E-state index < -0.39 is 5.97 Å². The summed E-state index contributed by atoms with van der Waals surface area (Å²) in [6.45, 7) is -0.161. The molecule has 2 aromatic carbocycles. The van der Waals surface area contributed by atoms with Crippen LogP contribution in [-0.4, -0.2) is 35.3 Å². The number of ether oxygens (including phenoxy) is 3. The lowest BCUT2D eigenvalue weighted by Crippen LogP contribution is -2.06. The normalized spacial score (nSPS) is 10.8. The van der Waals surface area contributed by atoms with Gasteiger partial charge in [-0.15, -0.1) is 0 Å². The molecule has 170 valence electrons. The standard InChI is InChI=1S/C23H20FN3O6/c1-29-17-8-5-15(11-18(17)30-2)23-26-21(33-27-23)13-31-22(28)10-9-20-25-12-19(32-20)14-3-6-16(24)7-4-14/h3-8,11-12H,9-10,13H2,1-2H3. The molecule has 2 heterocycles. The molecule has 0 fully saturated rings. The van der Waals surface area contributed by atoms with Crippen LogP contribution in [0.1, 0.15) is 18.2 Å². The number of oxazole rings is 1. The Bertz CT molecular complexity index is 1240. The molecule has 0 N–H and O–H groups in total. The second-order valence-corrected chi connectivity index (χ2v) is 6.87. The molecule has 33 heavy (non-hydrogen) atoms. The highest BCUT2D eigenvalue weighted by Crippen LogP contribution is 2.31. The van der Waals surface area contributed by atoms with Crippen molar-refractivity contribution >= 4 is 5.97 Å². The largest absolute Gasteiger partial charge is 0.493 e. The van der Waals surface area contributed by atoms with Gasteiger partial charge in [0, 0.05) is 17.5 Å². The van der Waals surface area contributed by atoms with E-state index in [-0.39, 0.29) is 31.2 Å². The molecular weight excluding hydrogens is 433 g/mol. The highest BCUT2D eigenvalue weighted by Gasteiger charge is 2.15. The molecule has 9 nitrogen and oxygen atoms in total. The Labute approximate surface area is 188 Å². The third-order valence-corrected chi connectivity index (χ3v) is 4.69. The van der Waals surface area contributed by atoms with Gasteiger partial charge in [0.2, 0.25) is 5.82 Å². The SMILES string of the molecule is COc1ccc(-c2noc(COC(=O)CCc3ncc(-c4ccc(F)cc4)o3)n2)cc1OC. The number of methoxy groups -OCH3 is 2. The van der Waals surface area contributed by atoms with E-state index in [0.29, 0.717) is 40.1 Å². The van der Waals surface area contributed by atoms with Crippen molar-refractivity contribution < 1.29 is 32.3 Å². The van der Waals surface area contributed by atoms with Crippen molar-refractivity contribution in [1.82, 2.24) is 15.1 Å². The fourth-order valence-corrected chi connectivity index (χ4v) is 3.00. The molecule has 0 radical (unpaired) electrons. The third-order valence-electron chi connectivity index (χ3n) is 4.69. The molecule has 0 saturated carbocycles. The van der Waals surface area contributed by atoms with Crippen LogP contribution in [-0.2, 0) is 22.6 Å². The molecule has 0 amide bonds. The zero-order valence-corrected chi connectivity index (χ0v) is 17.9. The lowest BCUT2D eigenvalue weighted by atomic mass is 10.2. The van der Waals surface area contributed by atoms with E-state index in [9.17, 15) is 9.18 Å². The van der Waals surface area contributed by atoms with Gasteiger partial charge in [0.1, 0.15) is 5.82 Å². The van der Waals surface area contributed by atoms with E-state index in [0.717, 1.165) is 0 Å². The van der Waals surface area contributed by atoms with Crippen molar-refractivity contribution in [1.29, 1.82) is 0 Å². The van der Waals surface area contributed by atoms with Gasteiger partial charge in [-0.2, -0.15) is 4.98 Å². The van der Waals surface area contributed by atoms with Crippen molar-refractivity contribution in [2.75, 3.05) is 14.2 Å². The van der Waals surface area contributed by atoms with Gasteiger partial charge in [-0.3, -0.25) is 4.79 Å². The van der Waals surface area contributed by atoms with Crippen LogP contribution in [0.4, 0.5) is 4.39 Å². The first-order chi connectivity index (χ1) is 16.1. The minimum absolute atomic E-state index is 0.0556. The monoisotopic (exact) mass is 453 g/mol. The predicted octanol–water partition coefficient (Wildman–Crippen LogP) is 4.22. The van der Waals surface area contributed by atoms with E-state index in [2.05, 4.69) is 15.1 Å². The zero-order chi connectivity index (χ0) is 23.2. The number of carbonyl (C=O) groups excluding carboxylic acids is 1. The quantitative estimate of drug-likeness (QED) is 0.344. The highest BCUT2D eigenvalue weighted by atomic mass is 19.1. The second kappa shape index (κ2) is 9.94. The molecule has 0 aliphatic carbocycles. The van der Waals surface area contributed by atoms with Gasteiger partial charge in [-0.05, 0) is 42.5 Å². The molecular formula is C23H20FN3O6. The Morgan fingerprint density at radius 2 is 1.76 bits per heavy atom. The Morgan fingerprint density at radius 1 is 1.00 bits per heavy atom. The summed E-state index contributed by atoms with van der Waals surface area (Å²) in [7, 11) is 3.08. The van der Waals surface area contributed by atoms with Gasteiger partial charge >= 0.3 is 5.97 Å². The fraction of sp³-hybridized carbons (Fsp3) is 0.217. The maximum absolute atomic E-state index is 13.0. The van der Waals surface area contributed by atoms with Crippen molar-refractivity contribution in [3.63, 3.8) is 0 Å². The Balaban J connectivity index is 1.29. The van der Waals surface area contributed by atoms with Crippen LogP contribution in [0.3, 0.4) is 0 Å². The third kappa shape index (κ3) is 5.35. The summed E-state index contributed by atoms with van der Waals surface area (Å²) in [5, 5.41) is 3.90. The molecule has 0 atom stereocenters. The maximum Gasteiger partial charge on any atom is 0.306 e. The first kappa shape index (κ1) is 22.0. The smallest absolute Gasteiger partial charge is 0.306 e. The lowest BCUT2D eigenvalue weighted by molar-refractivity contribution is -0.145. The highest BCUT2D eigenvalue weighted by molar-refractivity contribution is 5.69. The summed E-state index contributed by atoms with van der Waals surface area (Å²) < 4.78 is 39.5. The first-order valence-electron chi connectivity index (χ1n) is 9.97. The van der Waals surface area contributed by atoms with E-state index >= 15 is 0 Å². The Hall–Kier alpha value is -4.21. The number of aryl methyl sites for hydroxylation is 1. The van der Waals surface area contributed by atoms with E-state index in [4.69, 9.17) is 23.2 Å². The van der Waals surface area contributed by atoms with Crippen LogP contribution in [0.5, 0.6) is 11.5 Å². The van der Waals surface area contributed by atoms with Crippen LogP contribution >= 0.6 is 0 Å². The topological polar surface area (TPSA) is 110 Å². The van der Waals surface area contributed by atoms with Crippen molar-refractivity contribution in [3.05, 3.63) is 66.3 Å². The summed E-state index contributed by atoms with van der Waals surface area (Å²) in [6, 6.07) is 11.1. The number of carbonyl (C=O) groups is 1. The van der Waals surface area contributed by atoms with Crippen LogP contribution in [0, 0.1) is 5.82 Å². The molecule has 2 aromatic heterocycles. The van der Waals surface area contributed by atoms with Gasteiger partial charge in [0.15, 0.2) is 29.8 Å². The van der Waals surface area contributed by atoms with E-state index in [1.165, 1.54) is 25.4 Å². The molecule has 0 saturated heterocycles. The molecule has 0 aliphatic heterocycles. The Morgan fingerprint density at radius 3 is 2.52 bits per heavy atom. The van der Waals surface area contributed by atoms with Crippen LogP contribution in [0.2, 0.25) is 0 Å². The average molecular weight is 453 g/mol. The predicted molar refractivity (Wildman–Crippen MR) is 113 cm³/mol. The minimum Gasteiger partial charge on any atom is -0.493 e. The Kier molecular flexibility index (Phi) is 6.63. The van der Waals surface area contributed by atoms with Crippen LogP contribution in [0.15, 0.2) is 57.6 Å². The molecule has 0 bridgehead atoms. The van der Waals surface area contributed by atoms with Crippen molar-refractivity contribution in [3.8, 4) is 34.2 Å². The van der Waals surface area contributed by atoms with Crippen molar-refractivity contribution in [2.24, 2.45) is 0 Å². The zero-order valence-electron chi connectivity index (χ0n) is 17.9. The number of hydrogen-bond donors (Lipinski definition) is 0. The summed E-state index contributed by atoms with van der Waals surface area (Å²) in [6.07, 6.45) is 1.84. The van der Waals surface area contributed by atoms with Gasteiger partial charge in [-0.25, -0.2) is 9.37 Å². The van der Waals surface area contributed by atoms with Gasteiger partial charge in [-0.1, -0.05) is 5.16 Å². The molecule has 10 heteroatoms. The van der Waals surface area contributed by atoms with Gasteiger partial charge < -0.3 is 23.2 Å². The number of benzene rings is 2. The average Bonchev–Trinajstić information content (AvgIpc) is 3.51. The second-order valence-electron chi connectivity index (χ2n) is 6.87. The number of hydrogen-bond acceptors (Lipinski definition) is 9. The van der Waals surface area contributed by atoms with Gasteiger partial charge in [0.05, 0.1) is 26.8 Å². The number of esters is 1. The van der Waals surface area contributed by atoms with Gasteiger partial charge in [0.25, 0.3) is 5.89 Å². The minimum atomic E-state index is -0.470. The summed E-state index contributed by atoms with van der Waals surface area (Å²) >= 11 is 0. The van der Waals surface area contributed by atoms with Crippen LogP contribution in [0.25, 0.3) is 22.7 Å².